The first-order valence-electron chi connectivity index (χ1n) is 8.09. The molecule has 0 aromatic carbocycles. The summed E-state index contributed by atoms with van der Waals surface area (Å²) >= 11 is 0. The minimum absolute atomic E-state index is 0.152. The summed E-state index contributed by atoms with van der Waals surface area (Å²) in [5.74, 6) is 1.41. The molecule has 2 N–H and O–H groups in total. The molecule has 4 nitrogen and oxygen atoms in total. The molecule has 120 valence electrons. The van der Waals surface area contributed by atoms with Gasteiger partial charge in [-0.1, -0.05) is 34.1 Å². The zero-order valence-electron chi connectivity index (χ0n) is 13.5. The Hall–Kier alpha value is -0.130. The Bertz CT molecular complexity index is 368. The molecular weight excluding hydrogens is 272 g/mol. The van der Waals surface area contributed by atoms with Crippen LogP contribution in [0.4, 0.5) is 0 Å². The van der Waals surface area contributed by atoms with Crippen molar-refractivity contribution in [1.82, 2.24) is 10.0 Å². The average Bonchev–Trinajstić information content (AvgIpc) is 2.69. The predicted octanol–water partition coefficient (Wildman–Crippen LogP) is 2.51. The van der Waals surface area contributed by atoms with E-state index in [2.05, 4.69) is 37.7 Å². The highest BCUT2D eigenvalue weighted by molar-refractivity contribution is 7.89. The van der Waals surface area contributed by atoms with E-state index >= 15 is 0 Å². The topological polar surface area (TPSA) is 58.2 Å². The van der Waals surface area contributed by atoms with Crippen LogP contribution in [0.15, 0.2) is 0 Å². The van der Waals surface area contributed by atoms with Crippen molar-refractivity contribution in [3.63, 3.8) is 0 Å². The second-order valence-electron chi connectivity index (χ2n) is 6.46. The van der Waals surface area contributed by atoms with E-state index in [0.717, 1.165) is 38.6 Å². The lowest BCUT2D eigenvalue weighted by molar-refractivity contribution is 0.368. The summed E-state index contributed by atoms with van der Waals surface area (Å²) in [6.07, 6.45) is 4.95. The lowest BCUT2D eigenvalue weighted by Crippen LogP contribution is -2.39. The van der Waals surface area contributed by atoms with Gasteiger partial charge in [0.25, 0.3) is 0 Å². The van der Waals surface area contributed by atoms with Crippen LogP contribution in [-0.4, -0.2) is 32.8 Å². The van der Waals surface area contributed by atoms with Crippen LogP contribution in [0.5, 0.6) is 0 Å². The molecule has 0 saturated heterocycles. The third kappa shape index (κ3) is 6.10. The molecule has 1 rings (SSSR count). The van der Waals surface area contributed by atoms with Gasteiger partial charge in [-0.3, -0.25) is 0 Å². The number of rotatable bonds is 9. The largest absolute Gasteiger partial charge is 0.315 e. The molecule has 0 heterocycles. The molecule has 0 spiro atoms. The smallest absolute Gasteiger partial charge is 0.211 e. The summed E-state index contributed by atoms with van der Waals surface area (Å²) in [7, 11) is -3.11. The molecule has 1 aliphatic rings. The molecule has 0 aromatic heterocycles. The van der Waals surface area contributed by atoms with Crippen molar-refractivity contribution in [2.24, 2.45) is 11.8 Å². The summed E-state index contributed by atoms with van der Waals surface area (Å²) in [4.78, 5) is 0. The molecule has 0 aromatic rings. The first-order chi connectivity index (χ1) is 9.35. The third-order valence-corrected chi connectivity index (χ3v) is 5.96. The van der Waals surface area contributed by atoms with Crippen molar-refractivity contribution in [1.29, 1.82) is 0 Å². The maximum atomic E-state index is 12.1. The minimum atomic E-state index is -3.11. The Morgan fingerprint density at radius 1 is 1.20 bits per heavy atom. The summed E-state index contributed by atoms with van der Waals surface area (Å²) < 4.78 is 27.1. The molecule has 3 atom stereocenters. The van der Waals surface area contributed by atoms with Crippen molar-refractivity contribution in [2.75, 3.05) is 12.3 Å². The SMILES string of the molecule is CCC1CCC(NS(=O)(=O)CCCCNC(C)C)C1C. The number of sulfonamides is 1. The van der Waals surface area contributed by atoms with Crippen LogP contribution in [0.25, 0.3) is 0 Å². The van der Waals surface area contributed by atoms with Gasteiger partial charge in [-0.05, 0) is 44.1 Å². The van der Waals surface area contributed by atoms with Gasteiger partial charge in [-0.15, -0.1) is 0 Å². The van der Waals surface area contributed by atoms with Gasteiger partial charge in [0.2, 0.25) is 10.0 Å². The molecular formula is C15H32N2O2S. The fourth-order valence-corrected chi connectivity index (χ4v) is 4.58. The third-order valence-electron chi connectivity index (χ3n) is 4.47. The van der Waals surface area contributed by atoms with Gasteiger partial charge in [0.05, 0.1) is 5.75 Å². The first-order valence-corrected chi connectivity index (χ1v) is 9.74. The van der Waals surface area contributed by atoms with E-state index in [-0.39, 0.29) is 11.8 Å². The van der Waals surface area contributed by atoms with Gasteiger partial charge in [0.15, 0.2) is 0 Å². The summed E-state index contributed by atoms with van der Waals surface area (Å²) in [6.45, 7) is 9.47. The predicted molar refractivity (Wildman–Crippen MR) is 85.3 cm³/mol. The molecule has 0 amide bonds. The first kappa shape index (κ1) is 17.9. The van der Waals surface area contributed by atoms with Crippen molar-refractivity contribution in [3.8, 4) is 0 Å². The van der Waals surface area contributed by atoms with E-state index in [1.54, 1.807) is 0 Å². The highest BCUT2D eigenvalue weighted by Gasteiger charge is 2.33. The molecule has 0 bridgehead atoms. The number of unbranched alkanes of at least 4 members (excludes halogenated alkanes) is 1. The fraction of sp³-hybridized carbons (Fsp3) is 1.00. The van der Waals surface area contributed by atoms with Gasteiger partial charge in [-0.2, -0.15) is 0 Å². The van der Waals surface area contributed by atoms with E-state index in [1.165, 1.54) is 0 Å². The Morgan fingerprint density at radius 3 is 2.45 bits per heavy atom. The van der Waals surface area contributed by atoms with Crippen LogP contribution in [0.1, 0.15) is 59.8 Å². The lowest BCUT2D eigenvalue weighted by Gasteiger charge is -2.21. The fourth-order valence-electron chi connectivity index (χ4n) is 3.09. The highest BCUT2D eigenvalue weighted by atomic mass is 32.2. The van der Waals surface area contributed by atoms with Gasteiger partial charge < -0.3 is 5.32 Å². The summed E-state index contributed by atoms with van der Waals surface area (Å²) in [5.41, 5.74) is 0. The van der Waals surface area contributed by atoms with Crippen LogP contribution in [0, 0.1) is 11.8 Å². The van der Waals surface area contributed by atoms with E-state index < -0.39 is 10.0 Å². The van der Waals surface area contributed by atoms with E-state index in [9.17, 15) is 8.42 Å². The Labute approximate surface area is 125 Å². The maximum absolute atomic E-state index is 12.1. The quantitative estimate of drug-likeness (QED) is 0.644. The normalized spacial score (nSPS) is 27.4. The average molecular weight is 304 g/mol. The van der Waals surface area contributed by atoms with Crippen LogP contribution >= 0.6 is 0 Å². The van der Waals surface area contributed by atoms with Crippen molar-refractivity contribution < 1.29 is 8.42 Å². The van der Waals surface area contributed by atoms with Crippen molar-refractivity contribution in [2.45, 2.75) is 71.9 Å². The standard InChI is InChI=1S/C15H32N2O2S/c1-5-14-8-9-15(13(14)4)17-20(18,19)11-7-6-10-16-12(2)3/h12-17H,5-11H2,1-4H3. The molecule has 20 heavy (non-hydrogen) atoms. The zero-order chi connectivity index (χ0) is 15.2. The number of hydrogen-bond acceptors (Lipinski definition) is 3. The second-order valence-corrected chi connectivity index (χ2v) is 8.34. The second kappa shape index (κ2) is 8.35. The monoisotopic (exact) mass is 304 g/mol. The minimum Gasteiger partial charge on any atom is -0.315 e. The van der Waals surface area contributed by atoms with Crippen LogP contribution in [-0.2, 0) is 10.0 Å². The van der Waals surface area contributed by atoms with Crippen molar-refractivity contribution >= 4 is 10.0 Å². The Morgan fingerprint density at radius 2 is 1.90 bits per heavy atom. The van der Waals surface area contributed by atoms with Crippen LogP contribution in [0.2, 0.25) is 0 Å². The van der Waals surface area contributed by atoms with Gasteiger partial charge in [0, 0.05) is 12.1 Å². The van der Waals surface area contributed by atoms with Crippen molar-refractivity contribution in [3.05, 3.63) is 0 Å². The van der Waals surface area contributed by atoms with Crippen LogP contribution < -0.4 is 10.0 Å². The molecule has 0 radical (unpaired) electrons. The van der Waals surface area contributed by atoms with E-state index in [4.69, 9.17) is 0 Å². The summed E-state index contributed by atoms with van der Waals surface area (Å²) in [5, 5.41) is 3.31. The molecule has 3 unspecified atom stereocenters. The van der Waals surface area contributed by atoms with E-state index in [0.29, 0.717) is 17.9 Å². The Balaban J connectivity index is 2.28. The molecule has 0 aliphatic heterocycles. The van der Waals surface area contributed by atoms with E-state index in [1.807, 2.05) is 0 Å². The Kier molecular flexibility index (Phi) is 7.48. The maximum Gasteiger partial charge on any atom is 0.211 e. The number of hydrogen-bond donors (Lipinski definition) is 2. The molecule has 1 fully saturated rings. The van der Waals surface area contributed by atoms with Crippen LogP contribution in [0.3, 0.4) is 0 Å². The molecule has 1 aliphatic carbocycles. The van der Waals surface area contributed by atoms with Gasteiger partial charge in [0.1, 0.15) is 0 Å². The van der Waals surface area contributed by atoms with Gasteiger partial charge in [-0.25, -0.2) is 13.1 Å². The molecule has 1 saturated carbocycles. The molecule has 5 heteroatoms. The summed E-state index contributed by atoms with van der Waals surface area (Å²) in [6, 6.07) is 0.619. The van der Waals surface area contributed by atoms with Gasteiger partial charge >= 0.3 is 0 Å². The highest BCUT2D eigenvalue weighted by Crippen LogP contribution is 2.34. The lowest BCUT2D eigenvalue weighted by atomic mass is 9.94. The number of nitrogens with one attached hydrogen (secondary N) is 2. The zero-order valence-corrected chi connectivity index (χ0v) is 14.3.